The maximum absolute atomic E-state index is 11.2. The molecule has 8 heteroatoms. The summed E-state index contributed by atoms with van der Waals surface area (Å²) in [6, 6.07) is 10.5. The Bertz CT molecular complexity index is 1260. The van der Waals surface area contributed by atoms with Gasteiger partial charge in [0.2, 0.25) is 12.7 Å². The van der Waals surface area contributed by atoms with E-state index in [-0.39, 0.29) is 30.0 Å². The van der Waals surface area contributed by atoms with Crippen LogP contribution in [0.5, 0.6) is 11.5 Å². The molecule has 0 saturated carbocycles. The van der Waals surface area contributed by atoms with Gasteiger partial charge in [0.15, 0.2) is 11.5 Å². The predicted octanol–water partition coefficient (Wildman–Crippen LogP) is 3.45. The molecular formula is C24H22N4O4. The van der Waals surface area contributed by atoms with Crippen LogP contribution in [-0.4, -0.2) is 27.8 Å². The summed E-state index contributed by atoms with van der Waals surface area (Å²) in [4.78, 5) is 19.4. The van der Waals surface area contributed by atoms with Crippen molar-refractivity contribution in [3.63, 3.8) is 0 Å². The standard InChI is InChI=1S/C24H22N4O4/c1-3-19-17(22(25)28-24(26)27-19)9-4-13(2)16-10-18(21-20(11-16)31-12-32-21)14-5-7-15(8-6-14)23(29)30/h5-8,10-11,13H,3,12H2,1-2H3,(H,29,30)(H4,25,26,27,28). The Hall–Kier alpha value is -4.25. The smallest absolute Gasteiger partial charge is 0.335 e. The van der Waals surface area contributed by atoms with Gasteiger partial charge >= 0.3 is 5.97 Å². The number of carbonyl (C=O) groups is 1. The van der Waals surface area contributed by atoms with E-state index < -0.39 is 5.97 Å². The lowest BCUT2D eigenvalue weighted by Gasteiger charge is -2.12. The van der Waals surface area contributed by atoms with E-state index in [1.165, 1.54) is 0 Å². The Kier molecular flexibility index (Phi) is 5.56. The second kappa shape index (κ2) is 8.47. The molecule has 1 aliphatic heterocycles. The van der Waals surface area contributed by atoms with E-state index in [1.54, 1.807) is 24.3 Å². The van der Waals surface area contributed by atoms with Crippen LogP contribution >= 0.6 is 0 Å². The number of hydrogen-bond donors (Lipinski definition) is 3. The summed E-state index contributed by atoms with van der Waals surface area (Å²) < 4.78 is 11.3. The number of nitrogens with zero attached hydrogens (tertiary/aromatic N) is 2. The Morgan fingerprint density at radius 2 is 1.94 bits per heavy atom. The number of aromatic carboxylic acids is 1. The Balaban J connectivity index is 1.72. The highest BCUT2D eigenvalue weighted by atomic mass is 16.7. The summed E-state index contributed by atoms with van der Waals surface area (Å²) in [6.45, 7) is 4.05. The molecular weight excluding hydrogens is 408 g/mol. The summed E-state index contributed by atoms with van der Waals surface area (Å²) >= 11 is 0. The van der Waals surface area contributed by atoms with Crippen molar-refractivity contribution < 1.29 is 19.4 Å². The molecule has 1 aromatic heterocycles. The van der Waals surface area contributed by atoms with Crippen LogP contribution in [0.1, 0.15) is 46.9 Å². The average Bonchev–Trinajstić information content (AvgIpc) is 3.26. The van der Waals surface area contributed by atoms with Gasteiger partial charge in [-0.05, 0) is 48.7 Å². The number of fused-ring (bicyclic) bond motifs is 1. The molecule has 0 aliphatic carbocycles. The zero-order valence-electron chi connectivity index (χ0n) is 17.7. The Morgan fingerprint density at radius 3 is 2.62 bits per heavy atom. The molecule has 3 aromatic rings. The first-order chi connectivity index (χ1) is 15.4. The van der Waals surface area contributed by atoms with Gasteiger partial charge in [-0.25, -0.2) is 9.78 Å². The topological polar surface area (TPSA) is 134 Å². The first-order valence-corrected chi connectivity index (χ1v) is 10.1. The number of carboxylic acids is 1. The molecule has 5 N–H and O–H groups in total. The predicted molar refractivity (Wildman–Crippen MR) is 120 cm³/mol. The number of ether oxygens (including phenoxy) is 2. The highest BCUT2D eigenvalue weighted by molar-refractivity contribution is 5.88. The van der Waals surface area contributed by atoms with E-state index in [4.69, 9.17) is 26.0 Å². The number of carboxylic acid groups (broad SMARTS) is 1. The molecule has 2 aromatic carbocycles. The number of aromatic nitrogens is 2. The largest absolute Gasteiger partial charge is 0.478 e. The lowest BCUT2D eigenvalue weighted by molar-refractivity contribution is 0.0697. The van der Waals surface area contributed by atoms with Crippen LogP contribution in [0.15, 0.2) is 36.4 Å². The quantitative estimate of drug-likeness (QED) is 0.536. The molecule has 0 saturated heterocycles. The fourth-order valence-corrected chi connectivity index (χ4v) is 3.49. The molecule has 0 radical (unpaired) electrons. The number of nitrogens with two attached hydrogens (primary N) is 2. The van der Waals surface area contributed by atoms with Crippen LogP contribution in [-0.2, 0) is 6.42 Å². The minimum atomic E-state index is -0.976. The van der Waals surface area contributed by atoms with Gasteiger partial charge in [0, 0.05) is 11.5 Å². The van der Waals surface area contributed by atoms with Crippen molar-refractivity contribution in [1.82, 2.24) is 9.97 Å². The molecule has 0 fully saturated rings. The minimum absolute atomic E-state index is 0.123. The summed E-state index contributed by atoms with van der Waals surface area (Å²) in [5, 5.41) is 9.16. The van der Waals surface area contributed by atoms with Crippen LogP contribution < -0.4 is 20.9 Å². The lowest BCUT2D eigenvalue weighted by atomic mass is 9.94. The fourth-order valence-electron chi connectivity index (χ4n) is 3.49. The molecule has 4 rings (SSSR count). The lowest BCUT2D eigenvalue weighted by Crippen LogP contribution is -2.06. The summed E-state index contributed by atoms with van der Waals surface area (Å²) in [5.41, 5.74) is 15.8. The van der Waals surface area contributed by atoms with Crippen molar-refractivity contribution in [2.24, 2.45) is 0 Å². The summed E-state index contributed by atoms with van der Waals surface area (Å²) in [7, 11) is 0. The SMILES string of the molecule is CCc1nc(N)nc(N)c1C#CC(C)c1cc2c(c(-c3ccc(C(=O)O)cc3)c1)OCO2. The van der Waals surface area contributed by atoms with Crippen molar-refractivity contribution in [2.45, 2.75) is 26.2 Å². The summed E-state index contributed by atoms with van der Waals surface area (Å²) in [5.74, 6) is 6.84. The van der Waals surface area contributed by atoms with Crippen molar-refractivity contribution in [3.05, 3.63) is 58.8 Å². The second-order valence-corrected chi connectivity index (χ2v) is 7.32. The van der Waals surface area contributed by atoms with E-state index in [0.717, 1.165) is 16.7 Å². The number of nitrogen functional groups attached to an aromatic ring is 2. The Morgan fingerprint density at radius 1 is 1.19 bits per heavy atom. The zero-order valence-corrected chi connectivity index (χ0v) is 17.7. The van der Waals surface area contributed by atoms with Crippen LogP contribution in [0.3, 0.4) is 0 Å². The third-order valence-corrected chi connectivity index (χ3v) is 5.22. The Labute approximate surface area is 185 Å². The van der Waals surface area contributed by atoms with Crippen molar-refractivity contribution in [2.75, 3.05) is 18.3 Å². The number of hydrogen-bond acceptors (Lipinski definition) is 7. The van der Waals surface area contributed by atoms with Gasteiger partial charge in [-0.2, -0.15) is 4.98 Å². The molecule has 32 heavy (non-hydrogen) atoms. The minimum Gasteiger partial charge on any atom is -0.478 e. The normalized spacial score (nSPS) is 12.7. The molecule has 1 atom stereocenters. The van der Waals surface area contributed by atoms with Gasteiger partial charge in [-0.1, -0.05) is 30.9 Å². The number of benzene rings is 2. The van der Waals surface area contributed by atoms with Crippen molar-refractivity contribution in [3.8, 4) is 34.5 Å². The van der Waals surface area contributed by atoms with Crippen LogP contribution in [0.2, 0.25) is 0 Å². The van der Waals surface area contributed by atoms with E-state index in [2.05, 4.69) is 21.8 Å². The van der Waals surface area contributed by atoms with E-state index >= 15 is 0 Å². The number of anilines is 2. The monoisotopic (exact) mass is 430 g/mol. The molecule has 1 aliphatic rings. The highest BCUT2D eigenvalue weighted by Crippen LogP contribution is 2.43. The molecule has 0 bridgehead atoms. The fraction of sp³-hybridized carbons (Fsp3) is 0.208. The summed E-state index contributed by atoms with van der Waals surface area (Å²) in [6.07, 6.45) is 0.635. The molecule has 8 nitrogen and oxygen atoms in total. The van der Waals surface area contributed by atoms with Crippen LogP contribution in [0.25, 0.3) is 11.1 Å². The molecule has 162 valence electrons. The zero-order chi connectivity index (χ0) is 22.8. The second-order valence-electron chi connectivity index (χ2n) is 7.32. The molecule has 2 heterocycles. The third-order valence-electron chi connectivity index (χ3n) is 5.22. The van der Waals surface area contributed by atoms with Gasteiger partial charge in [0.05, 0.1) is 16.8 Å². The molecule has 1 unspecified atom stereocenters. The van der Waals surface area contributed by atoms with E-state index in [1.807, 2.05) is 26.0 Å². The van der Waals surface area contributed by atoms with Gasteiger partial charge in [-0.3, -0.25) is 0 Å². The van der Waals surface area contributed by atoms with E-state index in [0.29, 0.717) is 29.2 Å². The van der Waals surface area contributed by atoms with Crippen LogP contribution in [0.4, 0.5) is 11.8 Å². The molecule has 0 amide bonds. The van der Waals surface area contributed by atoms with Crippen molar-refractivity contribution in [1.29, 1.82) is 0 Å². The number of rotatable bonds is 4. The van der Waals surface area contributed by atoms with Gasteiger partial charge < -0.3 is 26.0 Å². The van der Waals surface area contributed by atoms with Crippen LogP contribution in [0, 0.1) is 11.8 Å². The average molecular weight is 430 g/mol. The van der Waals surface area contributed by atoms with Crippen molar-refractivity contribution >= 4 is 17.7 Å². The van der Waals surface area contributed by atoms with Gasteiger partial charge in [0.1, 0.15) is 5.82 Å². The maximum Gasteiger partial charge on any atom is 0.335 e. The van der Waals surface area contributed by atoms with Gasteiger partial charge in [0.25, 0.3) is 0 Å². The maximum atomic E-state index is 11.2. The molecule has 0 spiro atoms. The van der Waals surface area contributed by atoms with Gasteiger partial charge in [-0.15, -0.1) is 0 Å². The highest BCUT2D eigenvalue weighted by Gasteiger charge is 2.22. The first-order valence-electron chi connectivity index (χ1n) is 10.1. The number of aryl methyl sites for hydroxylation is 1. The first kappa shape index (κ1) is 21.0. The third kappa shape index (κ3) is 4.01. The van der Waals surface area contributed by atoms with E-state index in [9.17, 15) is 4.79 Å².